The van der Waals surface area contributed by atoms with Crippen LogP contribution in [-0.2, 0) is 0 Å². The predicted octanol–water partition coefficient (Wildman–Crippen LogP) is 2.25. The lowest BCUT2D eigenvalue weighted by Crippen LogP contribution is -2.30. The maximum Gasteiger partial charge on any atom is 0.0346 e. The second-order valence-corrected chi connectivity index (χ2v) is 5.96. The Morgan fingerprint density at radius 1 is 1.33 bits per heavy atom. The first-order valence-corrected chi connectivity index (χ1v) is 6.50. The lowest BCUT2D eigenvalue weighted by atomic mass is 10.0. The summed E-state index contributed by atoms with van der Waals surface area (Å²) in [5.41, 5.74) is 0.483. The Labute approximate surface area is 94.4 Å². The minimum atomic E-state index is 0.483. The molecule has 0 aromatic carbocycles. The zero-order chi connectivity index (χ0) is 11.1. The van der Waals surface area contributed by atoms with Gasteiger partial charge in [-0.15, -0.1) is 0 Å². The summed E-state index contributed by atoms with van der Waals surface area (Å²) in [6, 6.07) is 1.59. The summed E-state index contributed by atoms with van der Waals surface area (Å²) in [6.45, 7) is 8.29. The minimum absolute atomic E-state index is 0.483. The maximum atomic E-state index is 3.72. The van der Waals surface area contributed by atoms with E-state index in [4.69, 9.17) is 0 Å². The molecule has 0 aromatic rings. The van der Waals surface area contributed by atoms with E-state index in [-0.39, 0.29) is 0 Å². The van der Waals surface area contributed by atoms with E-state index in [0.717, 1.165) is 18.0 Å². The van der Waals surface area contributed by atoms with Crippen molar-refractivity contribution in [3.05, 3.63) is 0 Å². The van der Waals surface area contributed by atoms with Crippen molar-refractivity contribution in [1.82, 2.24) is 10.2 Å². The van der Waals surface area contributed by atoms with E-state index in [1.54, 1.807) is 0 Å². The molecule has 1 aliphatic carbocycles. The molecule has 1 saturated carbocycles. The first kappa shape index (κ1) is 11.4. The molecule has 1 saturated heterocycles. The van der Waals surface area contributed by atoms with Crippen molar-refractivity contribution in [2.75, 3.05) is 13.6 Å². The van der Waals surface area contributed by atoms with E-state index >= 15 is 0 Å². The zero-order valence-corrected chi connectivity index (χ0v) is 10.7. The van der Waals surface area contributed by atoms with Crippen LogP contribution in [0.1, 0.15) is 46.5 Å². The Balaban J connectivity index is 1.64. The van der Waals surface area contributed by atoms with Crippen LogP contribution in [0.15, 0.2) is 0 Å². The summed E-state index contributed by atoms with van der Waals surface area (Å²) in [6.07, 6.45) is 5.51. The van der Waals surface area contributed by atoms with Gasteiger partial charge in [-0.3, -0.25) is 4.90 Å². The largest absolute Gasteiger partial charge is 0.314 e. The van der Waals surface area contributed by atoms with Crippen molar-refractivity contribution in [1.29, 1.82) is 0 Å². The molecule has 0 spiro atoms. The van der Waals surface area contributed by atoms with Gasteiger partial charge in [-0.25, -0.2) is 0 Å². The van der Waals surface area contributed by atoms with Crippen LogP contribution in [0.5, 0.6) is 0 Å². The Kier molecular flexibility index (Phi) is 3.09. The van der Waals surface area contributed by atoms with Crippen molar-refractivity contribution in [3.63, 3.8) is 0 Å². The molecule has 2 rings (SSSR count). The lowest BCUT2D eigenvalue weighted by Gasteiger charge is -2.15. The molecule has 2 aliphatic rings. The molecule has 2 nitrogen and oxygen atoms in total. The van der Waals surface area contributed by atoms with Gasteiger partial charge in [0.15, 0.2) is 0 Å². The number of hydrogen-bond acceptors (Lipinski definition) is 2. The molecule has 3 unspecified atom stereocenters. The van der Waals surface area contributed by atoms with Gasteiger partial charge in [-0.2, -0.15) is 0 Å². The molecule has 0 radical (unpaired) electrons. The molecule has 1 N–H and O–H groups in total. The number of hydrogen-bond donors (Lipinski definition) is 1. The first-order valence-electron chi connectivity index (χ1n) is 6.50. The minimum Gasteiger partial charge on any atom is -0.314 e. The van der Waals surface area contributed by atoms with Gasteiger partial charge in [0.25, 0.3) is 0 Å². The second-order valence-electron chi connectivity index (χ2n) is 5.96. The molecule has 0 aromatic heterocycles. The van der Waals surface area contributed by atoms with E-state index in [9.17, 15) is 0 Å². The van der Waals surface area contributed by atoms with Gasteiger partial charge >= 0.3 is 0 Å². The highest BCUT2D eigenvalue weighted by Crippen LogP contribution is 2.41. The van der Waals surface area contributed by atoms with Crippen LogP contribution >= 0.6 is 0 Å². The molecular formula is C13H26N2. The highest BCUT2D eigenvalue weighted by Gasteiger charge is 2.52. The third-order valence-electron chi connectivity index (χ3n) is 4.98. The molecule has 15 heavy (non-hydrogen) atoms. The Bertz CT molecular complexity index is 219. The van der Waals surface area contributed by atoms with Crippen LogP contribution in [0.2, 0.25) is 0 Å². The number of nitrogens with zero attached hydrogens (tertiary/aromatic N) is 1. The van der Waals surface area contributed by atoms with E-state index in [0.29, 0.717) is 5.54 Å². The van der Waals surface area contributed by atoms with Crippen molar-refractivity contribution in [2.45, 2.75) is 64.1 Å². The van der Waals surface area contributed by atoms with E-state index in [2.05, 4.69) is 38.0 Å². The summed E-state index contributed by atoms with van der Waals surface area (Å²) in [7, 11) is 2.24. The Morgan fingerprint density at radius 2 is 2.00 bits per heavy atom. The maximum absolute atomic E-state index is 3.72. The predicted molar refractivity (Wildman–Crippen MR) is 65.1 cm³/mol. The van der Waals surface area contributed by atoms with Crippen molar-refractivity contribution in [3.8, 4) is 0 Å². The summed E-state index contributed by atoms with van der Waals surface area (Å²) < 4.78 is 0. The average molecular weight is 210 g/mol. The van der Waals surface area contributed by atoms with Crippen molar-refractivity contribution < 1.29 is 0 Å². The normalized spacial score (nSPS) is 49.6. The third-order valence-corrected chi connectivity index (χ3v) is 4.98. The lowest BCUT2D eigenvalue weighted by molar-refractivity contribution is 0.424. The fraction of sp³-hybridized carbons (Fsp3) is 1.00. The standard InChI is InChI=1S/C13H26N2/c1-10-5-6-12(9-10)14-8-7-13(3)11(2)15(13)4/h10-12,14H,5-9H2,1-4H3/t10?,11-,12?,13+,15?/m0/s1. The van der Waals surface area contributed by atoms with E-state index in [1.807, 2.05) is 0 Å². The van der Waals surface area contributed by atoms with Crippen LogP contribution < -0.4 is 5.32 Å². The molecular weight excluding hydrogens is 184 g/mol. The van der Waals surface area contributed by atoms with Crippen LogP contribution in [0.25, 0.3) is 0 Å². The molecule has 88 valence electrons. The highest BCUT2D eigenvalue weighted by molar-refractivity contribution is 5.10. The molecule has 0 amide bonds. The zero-order valence-electron chi connectivity index (χ0n) is 10.7. The SMILES string of the molecule is CC1CCC(NCC[C@]2(C)[C@H](C)N2C)C1. The summed E-state index contributed by atoms with van der Waals surface area (Å²) in [5.74, 6) is 0.945. The summed E-state index contributed by atoms with van der Waals surface area (Å²) in [5, 5.41) is 3.72. The molecule has 1 aliphatic heterocycles. The number of likely N-dealkylation sites (N-methyl/N-ethyl adjacent to an activating group) is 1. The van der Waals surface area contributed by atoms with Crippen LogP contribution in [0, 0.1) is 5.92 Å². The van der Waals surface area contributed by atoms with E-state index in [1.165, 1.54) is 32.2 Å². The van der Waals surface area contributed by atoms with Gasteiger partial charge < -0.3 is 5.32 Å². The van der Waals surface area contributed by atoms with Crippen molar-refractivity contribution in [2.24, 2.45) is 5.92 Å². The molecule has 1 heterocycles. The van der Waals surface area contributed by atoms with Crippen LogP contribution in [0.4, 0.5) is 0 Å². The fourth-order valence-corrected chi connectivity index (χ4v) is 3.12. The van der Waals surface area contributed by atoms with Gasteiger partial charge in [0, 0.05) is 17.6 Å². The second kappa shape index (κ2) is 4.06. The fourth-order valence-electron chi connectivity index (χ4n) is 3.12. The van der Waals surface area contributed by atoms with Gasteiger partial charge in [-0.05, 0) is 59.0 Å². The Morgan fingerprint density at radius 3 is 2.47 bits per heavy atom. The highest BCUT2D eigenvalue weighted by atomic mass is 15.4. The quantitative estimate of drug-likeness (QED) is 0.716. The molecule has 2 heteroatoms. The van der Waals surface area contributed by atoms with Gasteiger partial charge in [0.1, 0.15) is 0 Å². The summed E-state index contributed by atoms with van der Waals surface area (Å²) in [4.78, 5) is 2.48. The average Bonchev–Trinajstić information content (AvgIpc) is 2.56. The number of nitrogens with one attached hydrogen (secondary N) is 1. The molecule has 5 atom stereocenters. The van der Waals surface area contributed by atoms with Gasteiger partial charge in [0.2, 0.25) is 0 Å². The monoisotopic (exact) mass is 210 g/mol. The van der Waals surface area contributed by atoms with Gasteiger partial charge in [0.05, 0.1) is 0 Å². The molecule has 2 fully saturated rings. The van der Waals surface area contributed by atoms with Crippen LogP contribution in [-0.4, -0.2) is 36.1 Å². The van der Waals surface area contributed by atoms with Crippen LogP contribution in [0.3, 0.4) is 0 Å². The molecule has 0 bridgehead atoms. The van der Waals surface area contributed by atoms with Gasteiger partial charge in [-0.1, -0.05) is 6.92 Å². The third kappa shape index (κ3) is 2.21. The Hall–Kier alpha value is -0.0800. The summed E-state index contributed by atoms with van der Waals surface area (Å²) >= 11 is 0. The topological polar surface area (TPSA) is 15.0 Å². The number of rotatable bonds is 4. The smallest absolute Gasteiger partial charge is 0.0346 e. The first-order chi connectivity index (χ1) is 7.04. The van der Waals surface area contributed by atoms with E-state index < -0.39 is 0 Å². The van der Waals surface area contributed by atoms with Crippen molar-refractivity contribution >= 4 is 0 Å².